The van der Waals surface area contributed by atoms with E-state index in [0.717, 1.165) is 30.6 Å². The average Bonchev–Trinajstić information content (AvgIpc) is 2.80. The van der Waals surface area contributed by atoms with E-state index < -0.39 is 34.9 Å². The molecule has 1 aliphatic rings. The van der Waals surface area contributed by atoms with E-state index in [1.807, 2.05) is 6.92 Å². The molecule has 1 atom stereocenters. The van der Waals surface area contributed by atoms with Gasteiger partial charge < -0.3 is 5.32 Å². The number of benzene rings is 1. The highest BCUT2D eigenvalue weighted by Crippen LogP contribution is 2.30. The number of nitrogens with zero attached hydrogens (tertiary/aromatic N) is 2. The van der Waals surface area contributed by atoms with Crippen LogP contribution in [0.25, 0.3) is 0 Å². The van der Waals surface area contributed by atoms with Crippen LogP contribution in [0.2, 0.25) is 0 Å². The molecular formula is C17H21N3O5. The maximum Gasteiger partial charge on any atom is 0.282 e. The van der Waals surface area contributed by atoms with Crippen LogP contribution in [0.15, 0.2) is 18.2 Å². The van der Waals surface area contributed by atoms with Gasteiger partial charge in [0.25, 0.3) is 17.5 Å². The Morgan fingerprint density at radius 2 is 2.00 bits per heavy atom. The summed E-state index contributed by atoms with van der Waals surface area (Å²) in [5.74, 6) is -1.94. The maximum atomic E-state index is 12.4. The van der Waals surface area contributed by atoms with Gasteiger partial charge in [-0.25, -0.2) is 0 Å². The van der Waals surface area contributed by atoms with Gasteiger partial charge in [0, 0.05) is 12.1 Å². The van der Waals surface area contributed by atoms with Crippen molar-refractivity contribution < 1.29 is 19.3 Å². The number of imide groups is 1. The van der Waals surface area contributed by atoms with E-state index in [4.69, 9.17) is 0 Å². The third-order valence-corrected chi connectivity index (χ3v) is 4.12. The van der Waals surface area contributed by atoms with Crippen LogP contribution < -0.4 is 5.32 Å². The number of carbonyl (C=O) groups excluding carboxylic acids is 3. The minimum Gasteiger partial charge on any atom is -0.352 e. The highest BCUT2D eigenvalue weighted by atomic mass is 16.6. The van der Waals surface area contributed by atoms with Gasteiger partial charge in [-0.3, -0.25) is 29.4 Å². The second-order valence-electron chi connectivity index (χ2n) is 6.12. The predicted octanol–water partition coefficient (Wildman–Crippen LogP) is 2.28. The van der Waals surface area contributed by atoms with E-state index in [1.54, 1.807) is 0 Å². The highest BCUT2D eigenvalue weighted by Gasteiger charge is 2.41. The lowest BCUT2D eigenvalue weighted by Gasteiger charge is -2.17. The molecule has 0 bridgehead atoms. The molecule has 0 saturated heterocycles. The van der Waals surface area contributed by atoms with Gasteiger partial charge in [-0.05, 0) is 19.4 Å². The van der Waals surface area contributed by atoms with Crippen molar-refractivity contribution in [2.75, 3.05) is 6.54 Å². The maximum absolute atomic E-state index is 12.4. The van der Waals surface area contributed by atoms with Crippen LogP contribution in [0.5, 0.6) is 0 Å². The topological polar surface area (TPSA) is 110 Å². The molecule has 0 unspecified atom stereocenters. The summed E-state index contributed by atoms with van der Waals surface area (Å²) in [6.45, 7) is 3.51. The molecule has 1 aromatic carbocycles. The van der Waals surface area contributed by atoms with E-state index >= 15 is 0 Å². The van der Waals surface area contributed by atoms with Gasteiger partial charge in [0.15, 0.2) is 0 Å². The lowest BCUT2D eigenvalue weighted by Crippen LogP contribution is -2.43. The summed E-state index contributed by atoms with van der Waals surface area (Å²) < 4.78 is 0. The molecule has 3 amide bonds. The largest absolute Gasteiger partial charge is 0.352 e. The monoisotopic (exact) mass is 347 g/mol. The number of nitro groups is 1. The standard InChI is InChI=1S/C17H21N3O5/c1-3-4-5-7-11(2)18-14(21)10-19-16(22)12-8-6-9-13(20(24)25)15(12)17(19)23/h6,8-9,11H,3-5,7,10H2,1-2H3,(H,18,21)/t11-/m0/s1. The molecule has 2 rings (SSSR count). The predicted molar refractivity (Wildman–Crippen MR) is 90.2 cm³/mol. The molecule has 134 valence electrons. The summed E-state index contributed by atoms with van der Waals surface area (Å²) in [6.07, 6.45) is 3.95. The number of nitrogens with one attached hydrogen (secondary N) is 1. The Morgan fingerprint density at radius 1 is 1.28 bits per heavy atom. The van der Waals surface area contributed by atoms with Crippen LogP contribution in [0.3, 0.4) is 0 Å². The summed E-state index contributed by atoms with van der Waals surface area (Å²) in [7, 11) is 0. The first-order valence-electron chi connectivity index (χ1n) is 8.29. The molecule has 0 saturated carbocycles. The molecule has 8 heteroatoms. The summed E-state index contributed by atoms with van der Waals surface area (Å²) in [4.78, 5) is 47.9. The van der Waals surface area contributed by atoms with Crippen molar-refractivity contribution in [3.63, 3.8) is 0 Å². The molecule has 1 aliphatic heterocycles. The first-order valence-corrected chi connectivity index (χ1v) is 8.29. The van der Waals surface area contributed by atoms with Gasteiger partial charge in [-0.1, -0.05) is 32.3 Å². The number of fused-ring (bicyclic) bond motifs is 1. The van der Waals surface area contributed by atoms with Crippen molar-refractivity contribution in [3.05, 3.63) is 39.4 Å². The summed E-state index contributed by atoms with van der Waals surface area (Å²) >= 11 is 0. The smallest absolute Gasteiger partial charge is 0.282 e. The lowest BCUT2D eigenvalue weighted by atomic mass is 10.1. The fourth-order valence-electron chi connectivity index (χ4n) is 2.85. The molecular weight excluding hydrogens is 326 g/mol. The Bertz CT molecular complexity index is 716. The number of nitro benzene ring substituents is 1. The summed E-state index contributed by atoms with van der Waals surface area (Å²) in [5, 5.41) is 13.8. The van der Waals surface area contributed by atoms with E-state index in [9.17, 15) is 24.5 Å². The van der Waals surface area contributed by atoms with Crippen molar-refractivity contribution in [1.29, 1.82) is 0 Å². The third-order valence-electron chi connectivity index (χ3n) is 4.12. The van der Waals surface area contributed by atoms with Gasteiger partial charge in [-0.2, -0.15) is 0 Å². The van der Waals surface area contributed by atoms with Gasteiger partial charge in [0.05, 0.1) is 10.5 Å². The number of unbranched alkanes of at least 4 members (excludes halogenated alkanes) is 2. The minimum absolute atomic E-state index is 0.0389. The molecule has 8 nitrogen and oxygen atoms in total. The number of carbonyl (C=O) groups is 3. The molecule has 0 aliphatic carbocycles. The lowest BCUT2D eigenvalue weighted by molar-refractivity contribution is -0.385. The van der Waals surface area contributed by atoms with Crippen molar-refractivity contribution >= 4 is 23.4 Å². The van der Waals surface area contributed by atoms with E-state index in [-0.39, 0.29) is 17.2 Å². The number of hydrogen-bond acceptors (Lipinski definition) is 5. The quantitative estimate of drug-likeness (QED) is 0.336. The molecule has 0 fully saturated rings. The third kappa shape index (κ3) is 4.01. The molecule has 0 radical (unpaired) electrons. The van der Waals surface area contributed by atoms with Crippen LogP contribution in [-0.2, 0) is 4.79 Å². The van der Waals surface area contributed by atoms with Gasteiger partial charge in [0.2, 0.25) is 5.91 Å². The zero-order valence-electron chi connectivity index (χ0n) is 14.3. The van der Waals surface area contributed by atoms with Crippen molar-refractivity contribution in [2.24, 2.45) is 0 Å². The Balaban J connectivity index is 2.06. The van der Waals surface area contributed by atoms with Crippen LogP contribution in [0.4, 0.5) is 5.69 Å². The van der Waals surface area contributed by atoms with Crippen molar-refractivity contribution in [2.45, 2.75) is 45.6 Å². The first kappa shape index (κ1) is 18.6. The van der Waals surface area contributed by atoms with Crippen LogP contribution in [-0.4, -0.2) is 40.1 Å². The average molecular weight is 347 g/mol. The SMILES string of the molecule is CCCCC[C@H](C)NC(=O)CN1C(=O)c2cccc([N+](=O)[O-])c2C1=O. The zero-order valence-corrected chi connectivity index (χ0v) is 14.3. The summed E-state index contributed by atoms with van der Waals surface area (Å²) in [6, 6.07) is 3.81. The van der Waals surface area contributed by atoms with E-state index in [0.29, 0.717) is 0 Å². The normalized spacial score (nSPS) is 14.4. The van der Waals surface area contributed by atoms with E-state index in [1.165, 1.54) is 18.2 Å². The zero-order chi connectivity index (χ0) is 18.6. The highest BCUT2D eigenvalue weighted by molar-refractivity contribution is 6.24. The van der Waals surface area contributed by atoms with E-state index in [2.05, 4.69) is 12.2 Å². The second-order valence-corrected chi connectivity index (χ2v) is 6.12. The molecule has 1 N–H and O–H groups in total. The van der Waals surface area contributed by atoms with Crippen LogP contribution in [0, 0.1) is 10.1 Å². The number of hydrogen-bond donors (Lipinski definition) is 1. The Hall–Kier alpha value is -2.77. The molecule has 0 spiro atoms. The Labute approximate surface area is 145 Å². The number of rotatable bonds is 8. The van der Waals surface area contributed by atoms with Gasteiger partial charge >= 0.3 is 0 Å². The second kappa shape index (κ2) is 7.87. The Kier molecular flexibility index (Phi) is 5.84. The molecule has 0 aromatic heterocycles. The molecule has 25 heavy (non-hydrogen) atoms. The van der Waals surface area contributed by atoms with Crippen LogP contribution >= 0.6 is 0 Å². The van der Waals surface area contributed by atoms with Crippen molar-refractivity contribution in [3.8, 4) is 0 Å². The minimum atomic E-state index is -0.805. The first-order chi connectivity index (χ1) is 11.9. The molecule has 1 aromatic rings. The fraction of sp³-hybridized carbons (Fsp3) is 0.471. The summed E-state index contributed by atoms with van der Waals surface area (Å²) in [5.41, 5.74) is -0.712. The van der Waals surface area contributed by atoms with Crippen molar-refractivity contribution in [1.82, 2.24) is 10.2 Å². The van der Waals surface area contributed by atoms with Crippen LogP contribution in [0.1, 0.15) is 60.2 Å². The fourth-order valence-corrected chi connectivity index (χ4v) is 2.85. The van der Waals surface area contributed by atoms with Gasteiger partial charge in [0.1, 0.15) is 12.1 Å². The number of amides is 3. The molecule has 1 heterocycles. The van der Waals surface area contributed by atoms with Gasteiger partial charge in [-0.15, -0.1) is 0 Å². The Morgan fingerprint density at radius 3 is 2.64 bits per heavy atom.